The Balaban J connectivity index is 1.33. The van der Waals surface area contributed by atoms with Crippen LogP contribution in [0.4, 0.5) is 0 Å². The zero-order valence-electron chi connectivity index (χ0n) is 19.4. The predicted octanol–water partition coefficient (Wildman–Crippen LogP) is 5.16. The standard InChI is InChI=1S/C29H35NO3/c1-33-27-16-14-23(15-17-27)28(31)13-8-20-30-21-18-26(19-22-30)29(32,24-9-4-2-5-10-24)25-11-6-3-7-12-25/h2-7,9-12,14-17,26,28,31-32H,8,13,18-22H2,1H3/t28-/m0/s1. The summed E-state index contributed by atoms with van der Waals surface area (Å²) in [6.45, 7) is 2.89. The number of aliphatic hydroxyl groups excluding tert-OH is 1. The first-order chi connectivity index (χ1) is 16.1. The van der Waals surface area contributed by atoms with E-state index in [0.717, 1.165) is 67.8 Å². The Hall–Kier alpha value is -2.66. The van der Waals surface area contributed by atoms with Crippen molar-refractivity contribution in [3.63, 3.8) is 0 Å². The highest BCUT2D eigenvalue weighted by atomic mass is 16.5. The van der Waals surface area contributed by atoms with Crippen LogP contribution in [-0.2, 0) is 5.60 Å². The maximum absolute atomic E-state index is 12.0. The number of rotatable bonds is 9. The number of piperidine rings is 1. The SMILES string of the molecule is COc1ccc([C@@H](O)CCCN2CCC(C(O)(c3ccccc3)c3ccccc3)CC2)cc1. The molecule has 0 unspecified atom stereocenters. The second kappa shape index (κ2) is 11.0. The molecule has 0 amide bonds. The minimum Gasteiger partial charge on any atom is -0.497 e. The molecular formula is C29H35NO3. The summed E-state index contributed by atoms with van der Waals surface area (Å²) in [4.78, 5) is 2.47. The van der Waals surface area contributed by atoms with Crippen molar-refractivity contribution < 1.29 is 14.9 Å². The van der Waals surface area contributed by atoms with Crippen LogP contribution in [0.5, 0.6) is 5.75 Å². The number of aliphatic hydroxyl groups is 2. The summed E-state index contributed by atoms with van der Waals surface area (Å²) in [5.41, 5.74) is 1.90. The Labute approximate surface area is 197 Å². The summed E-state index contributed by atoms with van der Waals surface area (Å²) in [5.74, 6) is 0.975. The van der Waals surface area contributed by atoms with E-state index in [1.54, 1.807) is 7.11 Å². The van der Waals surface area contributed by atoms with Crippen LogP contribution in [0, 0.1) is 5.92 Å². The molecule has 0 spiro atoms. The van der Waals surface area contributed by atoms with Gasteiger partial charge < -0.3 is 19.8 Å². The number of hydrogen-bond donors (Lipinski definition) is 2. The van der Waals surface area contributed by atoms with Crippen LogP contribution in [-0.4, -0.2) is 41.9 Å². The Morgan fingerprint density at radius 1 is 0.879 bits per heavy atom. The molecule has 0 radical (unpaired) electrons. The van der Waals surface area contributed by atoms with Crippen molar-refractivity contribution in [2.24, 2.45) is 5.92 Å². The number of methoxy groups -OCH3 is 1. The quantitative estimate of drug-likeness (QED) is 0.478. The topological polar surface area (TPSA) is 52.9 Å². The van der Waals surface area contributed by atoms with E-state index in [4.69, 9.17) is 4.74 Å². The van der Waals surface area contributed by atoms with Gasteiger partial charge in [0.2, 0.25) is 0 Å². The molecule has 4 rings (SSSR count). The molecule has 33 heavy (non-hydrogen) atoms. The van der Waals surface area contributed by atoms with E-state index in [0.29, 0.717) is 0 Å². The van der Waals surface area contributed by atoms with E-state index in [9.17, 15) is 10.2 Å². The second-order valence-corrected chi connectivity index (χ2v) is 9.05. The summed E-state index contributed by atoms with van der Waals surface area (Å²) in [7, 11) is 1.65. The Kier molecular flexibility index (Phi) is 7.81. The molecule has 1 aliphatic rings. The Morgan fingerprint density at radius 2 is 1.42 bits per heavy atom. The molecule has 0 bridgehead atoms. The number of nitrogens with zero attached hydrogens (tertiary/aromatic N) is 1. The van der Waals surface area contributed by atoms with E-state index >= 15 is 0 Å². The molecule has 174 valence electrons. The summed E-state index contributed by atoms with van der Waals surface area (Å²) < 4.78 is 5.19. The Bertz CT molecular complexity index is 927. The average Bonchev–Trinajstić information content (AvgIpc) is 2.89. The van der Waals surface area contributed by atoms with E-state index in [2.05, 4.69) is 4.90 Å². The van der Waals surface area contributed by atoms with E-state index < -0.39 is 11.7 Å². The summed E-state index contributed by atoms with van der Waals surface area (Å²) in [5, 5.41) is 22.5. The molecule has 1 aliphatic heterocycles. The first-order valence-corrected chi connectivity index (χ1v) is 12.0. The monoisotopic (exact) mass is 445 g/mol. The van der Waals surface area contributed by atoms with Gasteiger partial charge in [0, 0.05) is 0 Å². The highest BCUT2D eigenvalue weighted by molar-refractivity contribution is 5.37. The fourth-order valence-corrected chi connectivity index (χ4v) is 5.10. The van der Waals surface area contributed by atoms with Gasteiger partial charge in [0.05, 0.1) is 13.2 Å². The average molecular weight is 446 g/mol. The minimum absolute atomic E-state index is 0.170. The number of hydrogen-bond acceptors (Lipinski definition) is 4. The third-order valence-electron chi connectivity index (χ3n) is 7.06. The highest BCUT2D eigenvalue weighted by Gasteiger charge is 2.41. The van der Waals surface area contributed by atoms with Gasteiger partial charge in [-0.05, 0) is 80.1 Å². The molecule has 1 fully saturated rings. The molecular weight excluding hydrogens is 410 g/mol. The van der Waals surface area contributed by atoms with Crippen molar-refractivity contribution in [3.05, 3.63) is 102 Å². The van der Waals surface area contributed by atoms with Crippen molar-refractivity contribution in [2.75, 3.05) is 26.7 Å². The van der Waals surface area contributed by atoms with Crippen molar-refractivity contribution in [1.82, 2.24) is 4.90 Å². The van der Waals surface area contributed by atoms with Crippen LogP contribution >= 0.6 is 0 Å². The molecule has 1 heterocycles. The summed E-state index contributed by atoms with van der Waals surface area (Å²) in [6, 6.07) is 27.8. The van der Waals surface area contributed by atoms with Gasteiger partial charge in [0.1, 0.15) is 11.4 Å². The van der Waals surface area contributed by atoms with Gasteiger partial charge in [-0.2, -0.15) is 0 Å². The molecule has 3 aromatic rings. The first-order valence-electron chi connectivity index (χ1n) is 12.0. The van der Waals surface area contributed by atoms with Gasteiger partial charge in [-0.15, -0.1) is 0 Å². The van der Waals surface area contributed by atoms with Crippen molar-refractivity contribution >= 4 is 0 Å². The molecule has 2 N–H and O–H groups in total. The van der Waals surface area contributed by atoms with Crippen LogP contribution in [0.25, 0.3) is 0 Å². The van der Waals surface area contributed by atoms with Crippen molar-refractivity contribution in [3.8, 4) is 5.75 Å². The normalized spacial score (nSPS) is 16.5. The van der Waals surface area contributed by atoms with Gasteiger partial charge in [-0.25, -0.2) is 0 Å². The minimum atomic E-state index is -0.973. The van der Waals surface area contributed by atoms with Crippen LogP contribution in [0.15, 0.2) is 84.9 Å². The molecule has 0 aromatic heterocycles. The van der Waals surface area contributed by atoms with Gasteiger partial charge >= 0.3 is 0 Å². The first kappa shape index (κ1) is 23.5. The fourth-order valence-electron chi connectivity index (χ4n) is 5.10. The summed E-state index contributed by atoms with van der Waals surface area (Å²) >= 11 is 0. The van der Waals surface area contributed by atoms with Crippen molar-refractivity contribution in [1.29, 1.82) is 0 Å². The smallest absolute Gasteiger partial charge is 0.118 e. The van der Waals surface area contributed by atoms with Gasteiger partial charge in [0.15, 0.2) is 0 Å². The molecule has 0 aliphatic carbocycles. The van der Waals surface area contributed by atoms with Crippen LogP contribution in [0.3, 0.4) is 0 Å². The number of ether oxygens (including phenoxy) is 1. The third-order valence-corrected chi connectivity index (χ3v) is 7.06. The second-order valence-electron chi connectivity index (χ2n) is 9.05. The lowest BCUT2D eigenvalue weighted by Crippen LogP contribution is -2.44. The van der Waals surface area contributed by atoms with Crippen LogP contribution in [0.1, 0.15) is 48.5 Å². The molecule has 3 aromatic carbocycles. The van der Waals surface area contributed by atoms with Gasteiger partial charge in [0.25, 0.3) is 0 Å². The van der Waals surface area contributed by atoms with Crippen molar-refractivity contribution in [2.45, 2.75) is 37.4 Å². The number of benzene rings is 3. The largest absolute Gasteiger partial charge is 0.497 e. The lowest BCUT2D eigenvalue weighted by Gasteiger charge is -2.42. The van der Waals surface area contributed by atoms with E-state index in [1.807, 2.05) is 84.9 Å². The molecule has 0 saturated carbocycles. The van der Waals surface area contributed by atoms with Gasteiger partial charge in [-0.1, -0.05) is 72.8 Å². The van der Waals surface area contributed by atoms with Crippen LogP contribution in [0.2, 0.25) is 0 Å². The highest BCUT2D eigenvalue weighted by Crippen LogP contribution is 2.41. The molecule has 4 heteroatoms. The van der Waals surface area contributed by atoms with Crippen LogP contribution < -0.4 is 4.74 Å². The maximum Gasteiger partial charge on any atom is 0.118 e. The van der Waals surface area contributed by atoms with Gasteiger partial charge in [-0.3, -0.25) is 0 Å². The number of likely N-dealkylation sites (tertiary alicyclic amines) is 1. The summed E-state index contributed by atoms with van der Waals surface area (Å²) in [6.07, 6.45) is 3.13. The fraction of sp³-hybridized carbons (Fsp3) is 0.379. The zero-order chi connectivity index (χ0) is 23.1. The molecule has 1 saturated heterocycles. The van der Waals surface area contributed by atoms with E-state index in [1.165, 1.54) is 0 Å². The Morgan fingerprint density at radius 3 is 1.94 bits per heavy atom. The lowest BCUT2D eigenvalue weighted by atomic mass is 9.72. The molecule has 1 atom stereocenters. The third kappa shape index (κ3) is 5.47. The maximum atomic E-state index is 12.0. The molecule has 4 nitrogen and oxygen atoms in total. The lowest BCUT2D eigenvalue weighted by molar-refractivity contribution is -0.0146. The zero-order valence-corrected chi connectivity index (χ0v) is 19.4. The predicted molar refractivity (Wildman–Crippen MR) is 132 cm³/mol. The van der Waals surface area contributed by atoms with E-state index in [-0.39, 0.29) is 5.92 Å².